The van der Waals surface area contributed by atoms with E-state index in [1.165, 1.54) is 0 Å². The number of carbonyl (C=O) groups is 1. The third-order valence-corrected chi connectivity index (χ3v) is 7.03. The Balaban J connectivity index is 1.62. The van der Waals surface area contributed by atoms with Crippen molar-refractivity contribution in [2.45, 2.75) is 49.1 Å². The number of anilines is 1. The van der Waals surface area contributed by atoms with E-state index in [2.05, 4.69) is 15.2 Å². The minimum atomic E-state index is -5.11. The van der Waals surface area contributed by atoms with E-state index in [0.29, 0.717) is 31.9 Å². The standard InChI is InChI=1S/C23H24F6N4O/c1-32(2)21(15-6-4-3-5-7-15)10-8-20(9-11-21)14-33(19(34)31-20)18-17(23(27,28)29)12-16(13-30-18)22(24,25)26/h3-7,12-13H,8-11,14H2,1-2H3,(H,31,34). The number of aromatic nitrogens is 1. The van der Waals surface area contributed by atoms with Crippen molar-refractivity contribution in [1.82, 2.24) is 15.2 Å². The number of carbonyl (C=O) groups excluding carboxylic acids is 1. The van der Waals surface area contributed by atoms with Crippen LogP contribution < -0.4 is 10.2 Å². The summed E-state index contributed by atoms with van der Waals surface area (Å²) in [5, 5.41) is 2.81. The maximum atomic E-state index is 13.6. The number of pyridine rings is 1. The minimum absolute atomic E-state index is 0.00789. The van der Waals surface area contributed by atoms with E-state index >= 15 is 0 Å². The molecular weight excluding hydrogens is 462 g/mol. The van der Waals surface area contributed by atoms with Crippen LogP contribution in [0.15, 0.2) is 42.6 Å². The van der Waals surface area contributed by atoms with Crippen molar-refractivity contribution in [2.24, 2.45) is 0 Å². The van der Waals surface area contributed by atoms with Gasteiger partial charge in [0.1, 0.15) is 5.82 Å². The summed E-state index contributed by atoms with van der Waals surface area (Å²) in [4.78, 5) is 19.1. The fourth-order valence-corrected chi connectivity index (χ4v) is 5.08. The highest BCUT2D eigenvalue weighted by Crippen LogP contribution is 2.47. The van der Waals surface area contributed by atoms with Gasteiger partial charge >= 0.3 is 18.4 Å². The van der Waals surface area contributed by atoms with Crippen molar-refractivity contribution in [2.75, 3.05) is 25.5 Å². The molecule has 2 heterocycles. The molecule has 1 saturated heterocycles. The average molecular weight is 486 g/mol. The number of nitrogens with one attached hydrogen (secondary N) is 1. The van der Waals surface area contributed by atoms with Gasteiger partial charge in [0, 0.05) is 11.7 Å². The Morgan fingerprint density at radius 1 is 0.971 bits per heavy atom. The van der Waals surface area contributed by atoms with Crippen LogP contribution in [0.5, 0.6) is 0 Å². The Kier molecular flexibility index (Phi) is 5.82. The van der Waals surface area contributed by atoms with Gasteiger partial charge in [0.25, 0.3) is 0 Å². The molecule has 2 fully saturated rings. The Labute approximate surface area is 192 Å². The maximum Gasteiger partial charge on any atom is 0.419 e. The summed E-state index contributed by atoms with van der Waals surface area (Å²) in [5.41, 5.74) is -3.08. The van der Waals surface area contributed by atoms with Gasteiger partial charge < -0.3 is 5.32 Å². The molecule has 184 valence electrons. The number of hydrogen-bond acceptors (Lipinski definition) is 3. The number of benzene rings is 1. The normalized spacial score (nSPS) is 25.8. The molecule has 34 heavy (non-hydrogen) atoms. The number of rotatable bonds is 3. The van der Waals surface area contributed by atoms with Crippen molar-refractivity contribution in [1.29, 1.82) is 0 Å². The van der Waals surface area contributed by atoms with E-state index < -0.39 is 40.9 Å². The van der Waals surface area contributed by atoms with Gasteiger partial charge in [-0.15, -0.1) is 0 Å². The first-order valence-corrected chi connectivity index (χ1v) is 10.7. The number of urea groups is 1. The quantitative estimate of drug-likeness (QED) is 0.590. The first-order chi connectivity index (χ1) is 15.8. The zero-order valence-electron chi connectivity index (χ0n) is 18.6. The van der Waals surface area contributed by atoms with Crippen LogP contribution in [-0.4, -0.2) is 42.1 Å². The molecule has 2 aromatic rings. The molecule has 0 radical (unpaired) electrons. The lowest BCUT2D eigenvalue weighted by Gasteiger charge is -2.48. The average Bonchev–Trinajstić information content (AvgIpc) is 3.09. The lowest BCUT2D eigenvalue weighted by Crippen LogP contribution is -2.54. The van der Waals surface area contributed by atoms with Crippen molar-refractivity contribution in [3.05, 3.63) is 59.3 Å². The van der Waals surface area contributed by atoms with Crippen molar-refractivity contribution < 1.29 is 31.1 Å². The summed E-state index contributed by atoms with van der Waals surface area (Å²) in [7, 11) is 3.93. The third-order valence-electron chi connectivity index (χ3n) is 7.03. The number of nitrogens with zero attached hydrogens (tertiary/aromatic N) is 3. The predicted octanol–water partition coefficient (Wildman–Crippen LogP) is 5.42. The summed E-state index contributed by atoms with van der Waals surface area (Å²) in [6.07, 6.45) is -7.50. The second kappa shape index (κ2) is 8.14. The SMILES string of the molecule is CN(C)C1(c2ccccc2)CCC2(CC1)CN(c1ncc(C(F)(F)F)cc1C(F)(F)F)C(=O)N2. The highest BCUT2D eigenvalue weighted by molar-refractivity contribution is 5.95. The number of hydrogen-bond donors (Lipinski definition) is 1. The minimum Gasteiger partial charge on any atom is -0.330 e. The fraction of sp³-hybridized carbons (Fsp3) is 0.478. The molecule has 4 rings (SSSR count). The highest BCUT2D eigenvalue weighted by Gasteiger charge is 2.52. The molecule has 1 aliphatic carbocycles. The van der Waals surface area contributed by atoms with Gasteiger partial charge in [0.05, 0.1) is 23.2 Å². The molecule has 1 aliphatic heterocycles. The molecule has 1 aromatic heterocycles. The van der Waals surface area contributed by atoms with Gasteiger partial charge in [-0.3, -0.25) is 9.80 Å². The van der Waals surface area contributed by atoms with Crippen LogP contribution >= 0.6 is 0 Å². The number of halogens is 6. The molecule has 1 aromatic carbocycles. The third kappa shape index (κ3) is 4.21. The first-order valence-electron chi connectivity index (χ1n) is 10.7. The van der Waals surface area contributed by atoms with Gasteiger partial charge in [-0.1, -0.05) is 30.3 Å². The molecule has 1 spiro atoms. The molecular formula is C23H24F6N4O. The van der Waals surface area contributed by atoms with Gasteiger partial charge in [0.15, 0.2) is 0 Å². The van der Waals surface area contributed by atoms with Gasteiger partial charge in [0.2, 0.25) is 0 Å². The van der Waals surface area contributed by atoms with Crippen LogP contribution in [0, 0.1) is 0 Å². The largest absolute Gasteiger partial charge is 0.419 e. The summed E-state index contributed by atoms with van der Waals surface area (Å²) in [6, 6.07) is 9.07. The molecule has 0 atom stereocenters. The Bertz CT molecular complexity index is 1060. The molecule has 2 aliphatic rings. The van der Waals surface area contributed by atoms with Crippen LogP contribution in [0.3, 0.4) is 0 Å². The van der Waals surface area contributed by atoms with Crippen LogP contribution in [0.25, 0.3) is 0 Å². The van der Waals surface area contributed by atoms with Crippen LogP contribution in [-0.2, 0) is 17.9 Å². The molecule has 0 unspecified atom stereocenters. The van der Waals surface area contributed by atoms with E-state index in [0.717, 1.165) is 10.5 Å². The second-order valence-electron chi connectivity index (χ2n) is 9.18. The maximum absolute atomic E-state index is 13.6. The van der Waals surface area contributed by atoms with E-state index in [4.69, 9.17) is 0 Å². The predicted molar refractivity (Wildman–Crippen MR) is 113 cm³/mol. The molecule has 2 amide bonds. The van der Waals surface area contributed by atoms with Crippen LogP contribution in [0.4, 0.5) is 37.0 Å². The lowest BCUT2D eigenvalue weighted by molar-refractivity contribution is -0.143. The molecule has 1 N–H and O–H groups in total. The topological polar surface area (TPSA) is 48.5 Å². The van der Waals surface area contributed by atoms with E-state index in [1.807, 2.05) is 44.4 Å². The number of amides is 2. The van der Waals surface area contributed by atoms with E-state index in [-0.39, 0.29) is 18.2 Å². The summed E-state index contributed by atoms with van der Waals surface area (Å²) >= 11 is 0. The summed E-state index contributed by atoms with van der Waals surface area (Å²) in [6.45, 7) is -0.106. The Hall–Kier alpha value is -2.82. The fourth-order valence-electron chi connectivity index (χ4n) is 5.08. The molecule has 0 bridgehead atoms. The highest BCUT2D eigenvalue weighted by atomic mass is 19.4. The number of alkyl halides is 6. The first kappa shape index (κ1) is 24.3. The van der Waals surface area contributed by atoms with Gasteiger partial charge in [-0.25, -0.2) is 9.78 Å². The van der Waals surface area contributed by atoms with Crippen molar-refractivity contribution in [3.63, 3.8) is 0 Å². The summed E-state index contributed by atoms with van der Waals surface area (Å²) < 4.78 is 79.9. The molecule has 1 saturated carbocycles. The zero-order valence-corrected chi connectivity index (χ0v) is 18.6. The smallest absolute Gasteiger partial charge is 0.330 e. The Morgan fingerprint density at radius 3 is 2.12 bits per heavy atom. The van der Waals surface area contributed by atoms with Crippen LogP contribution in [0.1, 0.15) is 42.4 Å². The van der Waals surface area contributed by atoms with Gasteiger partial charge in [-0.05, 0) is 51.4 Å². The van der Waals surface area contributed by atoms with E-state index in [1.54, 1.807) is 0 Å². The Morgan fingerprint density at radius 2 is 1.59 bits per heavy atom. The van der Waals surface area contributed by atoms with Gasteiger partial charge in [-0.2, -0.15) is 26.3 Å². The molecule has 11 heteroatoms. The van der Waals surface area contributed by atoms with Crippen molar-refractivity contribution in [3.8, 4) is 0 Å². The molecule has 5 nitrogen and oxygen atoms in total. The lowest BCUT2D eigenvalue weighted by atomic mass is 9.69. The monoisotopic (exact) mass is 486 g/mol. The van der Waals surface area contributed by atoms with E-state index in [9.17, 15) is 31.1 Å². The van der Waals surface area contributed by atoms with Crippen LogP contribution in [0.2, 0.25) is 0 Å². The summed E-state index contributed by atoms with van der Waals surface area (Å²) in [5.74, 6) is -0.817. The second-order valence-corrected chi connectivity index (χ2v) is 9.18. The zero-order chi connectivity index (χ0) is 24.9. The van der Waals surface area contributed by atoms with Crippen molar-refractivity contribution >= 4 is 11.8 Å².